The van der Waals surface area contributed by atoms with E-state index in [1.54, 1.807) is 10.9 Å². The molecule has 0 saturated carbocycles. The Hall–Kier alpha value is -1.89. The molecule has 26 heavy (non-hydrogen) atoms. The zero-order valence-electron chi connectivity index (χ0n) is 16.5. The SMILES string of the molecule is CCC(CC)C1CC(Nc2nc3c(cnn3C(C)(C)C)c(=O)[nH]2)CCO1. The molecule has 1 aliphatic heterocycles. The number of fused-ring (bicyclic) bond motifs is 1. The first-order valence-electron chi connectivity index (χ1n) is 9.70. The van der Waals surface area contributed by atoms with Crippen LogP contribution in [0.25, 0.3) is 11.0 Å². The van der Waals surface area contributed by atoms with Gasteiger partial charge in [0.25, 0.3) is 5.56 Å². The van der Waals surface area contributed by atoms with Crippen LogP contribution in [0.1, 0.15) is 60.3 Å². The first-order valence-corrected chi connectivity index (χ1v) is 9.70. The summed E-state index contributed by atoms with van der Waals surface area (Å²) in [5.74, 6) is 1.10. The van der Waals surface area contributed by atoms with Crippen LogP contribution in [0.4, 0.5) is 5.95 Å². The van der Waals surface area contributed by atoms with Crippen LogP contribution in [0, 0.1) is 5.92 Å². The molecule has 3 heterocycles. The molecule has 0 radical (unpaired) electrons. The highest BCUT2D eigenvalue weighted by Crippen LogP contribution is 2.26. The molecule has 7 heteroatoms. The van der Waals surface area contributed by atoms with Crippen molar-refractivity contribution in [1.82, 2.24) is 19.7 Å². The maximum absolute atomic E-state index is 12.4. The number of aromatic nitrogens is 4. The van der Waals surface area contributed by atoms with Crippen LogP contribution in [-0.2, 0) is 10.3 Å². The van der Waals surface area contributed by atoms with Crippen molar-refractivity contribution in [1.29, 1.82) is 0 Å². The summed E-state index contributed by atoms with van der Waals surface area (Å²) in [5.41, 5.74) is 0.225. The van der Waals surface area contributed by atoms with Crippen molar-refractivity contribution in [3.63, 3.8) is 0 Å². The maximum atomic E-state index is 12.4. The van der Waals surface area contributed by atoms with Gasteiger partial charge in [-0.05, 0) is 39.5 Å². The highest BCUT2D eigenvalue weighted by molar-refractivity contribution is 5.74. The van der Waals surface area contributed by atoms with Crippen molar-refractivity contribution < 1.29 is 4.74 Å². The van der Waals surface area contributed by atoms with E-state index in [1.165, 1.54) is 0 Å². The van der Waals surface area contributed by atoms with Crippen LogP contribution in [0.3, 0.4) is 0 Å². The van der Waals surface area contributed by atoms with E-state index in [1.807, 2.05) is 20.8 Å². The summed E-state index contributed by atoms with van der Waals surface area (Å²) < 4.78 is 7.79. The third-order valence-corrected chi connectivity index (χ3v) is 5.30. The van der Waals surface area contributed by atoms with Crippen molar-refractivity contribution in [2.24, 2.45) is 5.92 Å². The fourth-order valence-electron chi connectivity index (χ4n) is 3.77. The lowest BCUT2D eigenvalue weighted by atomic mass is 9.89. The number of H-pyrrole nitrogens is 1. The molecule has 0 aliphatic carbocycles. The molecule has 1 saturated heterocycles. The molecule has 3 rings (SSSR count). The standard InChI is InChI=1S/C19H31N5O2/c1-6-12(7-2)15-10-13(8-9-26-15)21-18-22-16-14(17(25)23-18)11-20-24(16)19(3,4)5/h11-13,15H,6-10H2,1-5H3,(H2,21,22,23,25). The Morgan fingerprint density at radius 1 is 1.38 bits per heavy atom. The zero-order chi connectivity index (χ0) is 18.9. The van der Waals surface area contributed by atoms with Crippen molar-refractivity contribution in [3.05, 3.63) is 16.6 Å². The molecule has 1 fully saturated rings. The van der Waals surface area contributed by atoms with Crippen molar-refractivity contribution >= 4 is 17.0 Å². The van der Waals surface area contributed by atoms with Crippen molar-refractivity contribution in [3.8, 4) is 0 Å². The van der Waals surface area contributed by atoms with Gasteiger partial charge < -0.3 is 10.1 Å². The Morgan fingerprint density at radius 3 is 2.77 bits per heavy atom. The zero-order valence-corrected chi connectivity index (χ0v) is 16.5. The summed E-state index contributed by atoms with van der Waals surface area (Å²) >= 11 is 0. The molecule has 0 aromatic carbocycles. The first-order chi connectivity index (χ1) is 12.3. The Bertz CT molecular complexity index is 800. The van der Waals surface area contributed by atoms with E-state index >= 15 is 0 Å². The van der Waals surface area contributed by atoms with Gasteiger partial charge in [0.1, 0.15) is 5.39 Å². The number of nitrogens with one attached hydrogen (secondary N) is 2. The van der Waals surface area contributed by atoms with Crippen LogP contribution < -0.4 is 10.9 Å². The van der Waals surface area contributed by atoms with E-state index in [0.717, 1.165) is 32.3 Å². The summed E-state index contributed by atoms with van der Waals surface area (Å²) in [4.78, 5) is 20.0. The highest BCUT2D eigenvalue weighted by Gasteiger charge is 2.28. The van der Waals surface area contributed by atoms with Gasteiger partial charge in [-0.3, -0.25) is 9.78 Å². The lowest BCUT2D eigenvalue weighted by Gasteiger charge is -2.34. The monoisotopic (exact) mass is 361 g/mol. The summed E-state index contributed by atoms with van der Waals surface area (Å²) in [6.07, 6.45) is 5.96. The second-order valence-corrected chi connectivity index (χ2v) is 8.23. The number of nitrogens with zero attached hydrogens (tertiary/aromatic N) is 3. The van der Waals surface area contributed by atoms with Crippen LogP contribution in [0.2, 0.25) is 0 Å². The molecule has 7 nitrogen and oxygen atoms in total. The predicted molar refractivity (Wildman–Crippen MR) is 104 cm³/mol. The van der Waals surface area contributed by atoms with Gasteiger partial charge in [0.05, 0.1) is 17.8 Å². The summed E-state index contributed by atoms with van der Waals surface area (Å²) in [6.45, 7) is 11.3. The maximum Gasteiger partial charge on any atom is 0.263 e. The van der Waals surface area contributed by atoms with E-state index in [-0.39, 0.29) is 23.2 Å². The normalized spacial score (nSPS) is 21.5. The molecule has 144 valence electrons. The van der Waals surface area contributed by atoms with Crippen LogP contribution in [0.5, 0.6) is 0 Å². The van der Waals surface area contributed by atoms with Gasteiger partial charge in [-0.1, -0.05) is 26.7 Å². The minimum absolute atomic E-state index is 0.156. The van der Waals surface area contributed by atoms with E-state index in [0.29, 0.717) is 22.9 Å². The third kappa shape index (κ3) is 3.77. The van der Waals surface area contributed by atoms with Gasteiger partial charge in [-0.15, -0.1) is 0 Å². The highest BCUT2D eigenvalue weighted by atomic mass is 16.5. The Balaban J connectivity index is 1.83. The molecule has 1 aliphatic rings. The predicted octanol–water partition coefficient (Wildman–Crippen LogP) is 3.27. The van der Waals surface area contributed by atoms with Crippen LogP contribution >= 0.6 is 0 Å². The molecule has 0 bridgehead atoms. The quantitative estimate of drug-likeness (QED) is 0.854. The third-order valence-electron chi connectivity index (χ3n) is 5.30. The van der Waals surface area contributed by atoms with Crippen molar-refractivity contribution in [2.45, 2.75) is 78.0 Å². The summed E-state index contributed by atoms with van der Waals surface area (Å²) in [5, 5.41) is 8.31. The topological polar surface area (TPSA) is 84.8 Å². The summed E-state index contributed by atoms with van der Waals surface area (Å²) in [6, 6.07) is 0.251. The number of aromatic amines is 1. The Morgan fingerprint density at radius 2 is 2.12 bits per heavy atom. The van der Waals surface area contributed by atoms with Gasteiger partial charge in [-0.2, -0.15) is 10.1 Å². The van der Waals surface area contributed by atoms with E-state index in [4.69, 9.17) is 4.74 Å². The lowest BCUT2D eigenvalue weighted by molar-refractivity contribution is -0.0271. The number of rotatable bonds is 5. The van der Waals surface area contributed by atoms with Crippen LogP contribution in [-0.4, -0.2) is 38.5 Å². The molecule has 2 N–H and O–H groups in total. The second kappa shape index (κ2) is 7.39. The molecular weight excluding hydrogens is 330 g/mol. The van der Waals surface area contributed by atoms with Gasteiger partial charge in [0.15, 0.2) is 5.65 Å². The molecule has 0 amide bonds. The molecule has 0 spiro atoms. The second-order valence-electron chi connectivity index (χ2n) is 8.23. The van der Waals surface area contributed by atoms with Gasteiger partial charge in [0.2, 0.25) is 5.95 Å². The molecule has 2 unspecified atom stereocenters. The van der Waals surface area contributed by atoms with E-state index in [2.05, 4.69) is 34.2 Å². The minimum Gasteiger partial charge on any atom is -0.378 e. The Labute approximate surface area is 154 Å². The fraction of sp³-hybridized carbons (Fsp3) is 0.737. The van der Waals surface area contributed by atoms with Gasteiger partial charge in [0, 0.05) is 12.6 Å². The largest absolute Gasteiger partial charge is 0.378 e. The Kier molecular flexibility index (Phi) is 5.37. The van der Waals surface area contributed by atoms with Crippen LogP contribution in [0.15, 0.2) is 11.0 Å². The lowest BCUT2D eigenvalue weighted by Crippen LogP contribution is -2.38. The smallest absolute Gasteiger partial charge is 0.263 e. The number of hydrogen-bond acceptors (Lipinski definition) is 5. The van der Waals surface area contributed by atoms with Gasteiger partial charge in [-0.25, -0.2) is 4.68 Å². The average molecular weight is 361 g/mol. The molecule has 2 atom stereocenters. The fourth-order valence-corrected chi connectivity index (χ4v) is 3.77. The van der Waals surface area contributed by atoms with E-state index < -0.39 is 0 Å². The molecule has 2 aromatic heterocycles. The number of anilines is 1. The van der Waals surface area contributed by atoms with E-state index in [9.17, 15) is 4.79 Å². The first kappa shape index (κ1) is 18.9. The van der Waals surface area contributed by atoms with Crippen molar-refractivity contribution in [2.75, 3.05) is 11.9 Å². The number of hydrogen-bond donors (Lipinski definition) is 2. The average Bonchev–Trinajstić information content (AvgIpc) is 3.01. The molecular formula is C19H31N5O2. The number of ether oxygens (including phenoxy) is 1. The minimum atomic E-state index is -0.237. The summed E-state index contributed by atoms with van der Waals surface area (Å²) in [7, 11) is 0. The van der Waals surface area contributed by atoms with Gasteiger partial charge >= 0.3 is 0 Å². The molecule has 2 aromatic rings.